The highest BCUT2D eigenvalue weighted by Gasteiger charge is 2.27. The minimum Gasteiger partial charge on any atom is -0.446 e. The van der Waals surface area contributed by atoms with Crippen molar-refractivity contribution < 1.29 is 14.6 Å². The number of aliphatic hydroxyl groups excluding tert-OH is 1. The zero-order valence-corrected chi connectivity index (χ0v) is 10.3. The van der Waals surface area contributed by atoms with Gasteiger partial charge in [0.05, 0.1) is 0 Å². The van der Waals surface area contributed by atoms with Crippen molar-refractivity contribution in [3.05, 3.63) is 0 Å². The molecule has 1 saturated heterocycles. The van der Waals surface area contributed by atoms with Gasteiger partial charge in [-0.05, 0) is 39.0 Å². The Kier molecular flexibility index (Phi) is 5.60. The summed E-state index contributed by atoms with van der Waals surface area (Å²) in [5.74, 6) is 0. The number of likely N-dealkylation sites (tertiary alicyclic amines) is 1. The minimum atomic E-state index is -0.215. The molecule has 0 saturated carbocycles. The monoisotopic (exact) mass is 229 g/mol. The molecule has 2 atom stereocenters. The van der Waals surface area contributed by atoms with Gasteiger partial charge < -0.3 is 14.7 Å². The lowest BCUT2D eigenvalue weighted by molar-refractivity contribution is 0.0413. The second kappa shape index (κ2) is 6.74. The summed E-state index contributed by atoms with van der Waals surface area (Å²) in [5.41, 5.74) is 0. The number of piperidine rings is 1. The molecule has 1 fully saturated rings. The normalized spacial score (nSPS) is 22.9. The lowest BCUT2D eigenvalue weighted by Gasteiger charge is -2.35. The molecule has 0 spiro atoms. The summed E-state index contributed by atoms with van der Waals surface area (Å²) >= 11 is 0. The first-order valence-corrected chi connectivity index (χ1v) is 6.27. The average molecular weight is 229 g/mol. The van der Waals surface area contributed by atoms with Gasteiger partial charge in [-0.25, -0.2) is 4.79 Å². The SMILES string of the molecule is CCC(C)OC(=O)N1CCCC[C@H]1CCO. The van der Waals surface area contributed by atoms with Crippen molar-refractivity contribution in [2.75, 3.05) is 13.2 Å². The van der Waals surface area contributed by atoms with E-state index in [9.17, 15) is 4.79 Å². The molecule has 4 heteroatoms. The van der Waals surface area contributed by atoms with Crippen LogP contribution in [0.2, 0.25) is 0 Å². The molecule has 1 unspecified atom stereocenters. The summed E-state index contributed by atoms with van der Waals surface area (Å²) in [5, 5.41) is 8.97. The number of rotatable bonds is 4. The van der Waals surface area contributed by atoms with Gasteiger partial charge in [0.2, 0.25) is 0 Å². The maximum atomic E-state index is 11.9. The number of hydrogen-bond donors (Lipinski definition) is 1. The molecule has 0 aromatic rings. The Balaban J connectivity index is 2.50. The van der Waals surface area contributed by atoms with Crippen LogP contribution in [0, 0.1) is 0 Å². The molecule has 1 heterocycles. The molecule has 1 amide bonds. The molecule has 0 radical (unpaired) electrons. The van der Waals surface area contributed by atoms with Crippen molar-refractivity contribution >= 4 is 6.09 Å². The molecule has 0 aromatic heterocycles. The van der Waals surface area contributed by atoms with E-state index in [-0.39, 0.29) is 24.8 Å². The van der Waals surface area contributed by atoms with Crippen LogP contribution in [-0.2, 0) is 4.74 Å². The van der Waals surface area contributed by atoms with Gasteiger partial charge in [-0.15, -0.1) is 0 Å². The van der Waals surface area contributed by atoms with Gasteiger partial charge in [-0.1, -0.05) is 6.92 Å². The fraction of sp³-hybridized carbons (Fsp3) is 0.917. The first kappa shape index (κ1) is 13.3. The highest BCUT2D eigenvalue weighted by Crippen LogP contribution is 2.20. The third kappa shape index (κ3) is 3.67. The number of aliphatic hydroxyl groups is 1. The van der Waals surface area contributed by atoms with Crippen LogP contribution in [-0.4, -0.2) is 41.4 Å². The van der Waals surface area contributed by atoms with Gasteiger partial charge in [0.25, 0.3) is 0 Å². The van der Waals surface area contributed by atoms with Gasteiger partial charge in [0.1, 0.15) is 6.10 Å². The van der Waals surface area contributed by atoms with Crippen LogP contribution in [0.5, 0.6) is 0 Å². The number of amides is 1. The van der Waals surface area contributed by atoms with E-state index in [1.165, 1.54) is 0 Å². The summed E-state index contributed by atoms with van der Waals surface area (Å²) in [6, 6.07) is 0.162. The molecule has 0 aliphatic carbocycles. The van der Waals surface area contributed by atoms with E-state index in [0.29, 0.717) is 6.42 Å². The van der Waals surface area contributed by atoms with E-state index in [2.05, 4.69) is 0 Å². The lowest BCUT2D eigenvalue weighted by Crippen LogP contribution is -2.45. The molecule has 94 valence electrons. The van der Waals surface area contributed by atoms with Gasteiger partial charge in [0, 0.05) is 19.2 Å². The third-order valence-electron chi connectivity index (χ3n) is 3.20. The molecule has 1 aliphatic heterocycles. The number of ether oxygens (including phenoxy) is 1. The van der Waals surface area contributed by atoms with Gasteiger partial charge >= 0.3 is 6.09 Å². The van der Waals surface area contributed by atoms with E-state index >= 15 is 0 Å². The molecule has 0 aromatic carbocycles. The molecular weight excluding hydrogens is 206 g/mol. The first-order chi connectivity index (χ1) is 7.69. The Morgan fingerprint density at radius 2 is 2.31 bits per heavy atom. The van der Waals surface area contributed by atoms with Crippen molar-refractivity contribution in [1.29, 1.82) is 0 Å². The van der Waals surface area contributed by atoms with Crippen molar-refractivity contribution in [3.8, 4) is 0 Å². The first-order valence-electron chi connectivity index (χ1n) is 6.27. The maximum Gasteiger partial charge on any atom is 0.410 e. The molecule has 1 aliphatic rings. The number of nitrogens with zero attached hydrogens (tertiary/aromatic N) is 1. The Morgan fingerprint density at radius 1 is 1.56 bits per heavy atom. The lowest BCUT2D eigenvalue weighted by atomic mass is 10.0. The van der Waals surface area contributed by atoms with Crippen LogP contribution in [0.3, 0.4) is 0 Å². The fourth-order valence-electron chi connectivity index (χ4n) is 2.01. The quantitative estimate of drug-likeness (QED) is 0.803. The predicted octanol–water partition coefficient (Wildman–Crippen LogP) is 2.16. The molecule has 4 nitrogen and oxygen atoms in total. The second-order valence-electron chi connectivity index (χ2n) is 4.46. The standard InChI is InChI=1S/C12H23NO3/c1-3-10(2)16-12(15)13-8-5-4-6-11(13)7-9-14/h10-11,14H,3-9H2,1-2H3/t10?,11-/m0/s1. The van der Waals surface area contributed by atoms with Crippen LogP contribution in [0.4, 0.5) is 4.79 Å². The summed E-state index contributed by atoms with van der Waals surface area (Å²) in [4.78, 5) is 13.7. The van der Waals surface area contributed by atoms with E-state index < -0.39 is 0 Å². The second-order valence-corrected chi connectivity index (χ2v) is 4.46. The smallest absolute Gasteiger partial charge is 0.410 e. The maximum absolute atomic E-state index is 11.9. The van der Waals surface area contributed by atoms with Gasteiger partial charge in [0.15, 0.2) is 0 Å². The van der Waals surface area contributed by atoms with E-state index in [1.54, 1.807) is 4.90 Å². The van der Waals surface area contributed by atoms with Crippen molar-refractivity contribution in [1.82, 2.24) is 4.90 Å². The van der Waals surface area contributed by atoms with Crippen LogP contribution < -0.4 is 0 Å². The molecule has 1 rings (SSSR count). The topological polar surface area (TPSA) is 49.8 Å². The van der Waals surface area contributed by atoms with E-state index in [4.69, 9.17) is 9.84 Å². The van der Waals surface area contributed by atoms with Crippen LogP contribution in [0.15, 0.2) is 0 Å². The zero-order valence-electron chi connectivity index (χ0n) is 10.3. The summed E-state index contributed by atoms with van der Waals surface area (Å²) in [7, 11) is 0. The average Bonchev–Trinajstić information content (AvgIpc) is 2.30. The Morgan fingerprint density at radius 3 is 2.94 bits per heavy atom. The van der Waals surface area contributed by atoms with E-state index in [0.717, 1.165) is 32.2 Å². The summed E-state index contributed by atoms with van der Waals surface area (Å²) in [6.45, 7) is 4.81. The van der Waals surface area contributed by atoms with Crippen molar-refractivity contribution in [3.63, 3.8) is 0 Å². The van der Waals surface area contributed by atoms with Crippen molar-refractivity contribution in [2.24, 2.45) is 0 Å². The molecular formula is C12H23NO3. The minimum absolute atomic E-state index is 0.0239. The summed E-state index contributed by atoms with van der Waals surface area (Å²) < 4.78 is 5.32. The molecule has 16 heavy (non-hydrogen) atoms. The Bertz CT molecular complexity index is 218. The zero-order chi connectivity index (χ0) is 12.0. The number of carbonyl (C=O) groups excluding carboxylic acids is 1. The number of carbonyl (C=O) groups is 1. The van der Waals surface area contributed by atoms with E-state index in [1.807, 2.05) is 13.8 Å². The highest BCUT2D eigenvalue weighted by molar-refractivity contribution is 5.68. The largest absolute Gasteiger partial charge is 0.446 e. The van der Waals surface area contributed by atoms with Gasteiger partial charge in [-0.3, -0.25) is 0 Å². The summed E-state index contributed by atoms with van der Waals surface area (Å²) in [6.07, 6.45) is 4.42. The predicted molar refractivity (Wildman–Crippen MR) is 62.3 cm³/mol. The number of hydrogen-bond acceptors (Lipinski definition) is 3. The van der Waals surface area contributed by atoms with Crippen molar-refractivity contribution in [2.45, 2.75) is 58.1 Å². The van der Waals surface area contributed by atoms with Crippen LogP contribution >= 0.6 is 0 Å². The Hall–Kier alpha value is -0.770. The third-order valence-corrected chi connectivity index (χ3v) is 3.20. The molecule has 1 N–H and O–H groups in total. The highest BCUT2D eigenvalue weighted by atomic mass is 16.6. The Labute approximate surface area is 97.6 Å². The van der Waals surface area contributed by atoms with Gasteiger partial charge in [-0.2, -0.15) is 0 Å². The van der Waals surface area contributed by atoms with Crippen LogP contribution in [0.25, 0.3) is 0 Å². The molecule has 0 bridgehead atoms. The van der Waals surface area contributed by atoms with Crippen LogP contribution in [0.1, 0.15) is 46.0 Å². The fourth-order valence-corrected chi connectivity index (χ4v) is 2.01.